The second kappa shape index (κ2) is 7.83. The van der Waals surface area contributed by atoms with Gasteiger partial charge in [0.05, 0.1) is 23.7 Å². The number of halogens is 1. The fourth-order valence-electron chi connectivity index (χ4n) is 4.87. The summed E-state index contributed by atoms with van der Waals surface area (Å²) in [4.78, 5) is 18.7. The molecule has 0 radical (unpaired) electrons. The van der Waals surface area contributed by atoms with Crippen molar-refractivity contribution in [3.63, 3.8) is 0 Å². The lowest BCUT2D eigenvalue weighted by atomic mass is 9.87. The molecule has 164 valence electrons. The molecule has 0 spiro atoms. The average molecular weight is 445 g/mol. The molecule has 8 nitrogen and oxygen atoms in total. The van der Waals surface area contributed by atoms with E-state index < -0.39 is 16.7 Å². The van der Waals surface area contributed by atoms with Crippen LogP contribution < -0.4 is 4.90 Å². The van der Waals surface area contributed by atoms with E-state index >= 15 is 0 Å². The van der Waals surface area contributed by atoms with Crippen molar-refractivity contribution in [2.75, 3.05) is 30.9 Å². The largest absolute Gasteiger partial charge is 0.360 e. The molecule has 5 heterocycles. The van der Waals surface area contributed by atoms with Crippen LogP contribution >= 0.6 is 0 Å². The topological polar surface area (TPSA) is 95.1 Å². The molecule has 0 aromatic carbocycles. The highest BCUT2D eigenvalue weighted by Crippen LogP contribution is 2.37. The van der Waals surface area contributed by atoms with E-state index in [-0.39, 0.29) is 12.0 Å². The van der Waals surface area contributed by atoms with E-state index in [1.54, 1.807) is 12.5 Å². The van der Waals surface area contributed by atoms with E-state index in [4.69, 9.17) is 0 Å². The molecule has 1 atom stereocenters. The van der Waals surface area contributed by atoms with Crippen molar-refractivity contribution >= 4 is 26.7 Å². The molecule has 3 aromatic heterocycles. The van der Waals surface area contributed by atoms with Crippen molar-refractivity contribution in [1.82, 2.24) is 24.2 Å². The van der Waals surface area contributed by atoms with E-state index in [1.165, 1.54) is 10.6 Å². The predicted octanol–water partition coefficient (Wildman–Crippen LogP) is 2.39. The molecule has 2 aliphatic heterocycles. The fourth-order valence-corrected chi connectivity index (χ4v) is 5.75. The quantitative estimate of drug-likeness (QED) is 0.664. The van der Waals surface area contributed by atoms with Crippen LogP contribution in [0.5, 0.6) is 0 Å². The number of nitrogens with zero attached hydrogens (tertiary/aromatic N) is 5. The van der Waals surface area contributed by atoms with Crippen LogP contribution in [-0.2, 0) is 23.0 Å². The Morgan fingerprint density at radius 2 is 2.00 bits per heavy atom. The Hall–Kier alpha value is -2.59. The Balaban J connectivity index is 1.48. The van der Waals surface area contributed by atoms with Gasteiger partial charge >= 0.3 is 0 Å². The Morgan fingerprint density at radius 1 is 1.19 bits per heavy atom. The summed E-state index contributed by atoms with van der Waals surface area (Å²) >= 11 is 0. The average Bonchev–Trinajstić information content (AvgIpc) is 3.26. The summed E-state index contributed by atoms with van der Waals surface area (Å²) in [5.41, 5.74) is 4.64. The number of hydrogen-bond donors (Lipinski definition) is 1. The van der Waals surface area contributed by atoms with Gasteiger partial charge in [0.25, 0.3) is 0 Å². The number of aromatic amines is 1. The van der Waals surface area contributed by atoms with Gasteiger partial charge in [0.2, 0.25) is 10.0 Å². The first-order valence-electron chi connectivity index (χ1n) is 10.5. The van der Waals surface area contributed by atoms with Crippen LogP contribution in [0.1, 0.15) is 35.7 Å². The molecule has 0 saturated carbocycles. The van der Waals surface area contributed by atoms with Gasteiger partial charge < -0.3 is 9.88 Å². The molecule has 10 heteroatoms. The SMILES string of the molecule is CS(=O)(=O)N1CCC(c2ncnc3c2CN(c2ccnc4[nH]ccc24)C(CF)C3)CC1. The summed E-state index contributed by atoms with van der Waals surface area (Å²) in [7, 11) is -3.18. The molecule has 0 bridgehead atoms. The third-order valence-electron chi connectivity index (χ3n) is 6.50. The van der Waals surface area contributed by atoms with E-state index in [2.05, 4.69) is 24.8 Å². The molecule has 1 unspecified atom stereocenters. The zero-order chi connectivity index (χ0) is 21.6. The van der Waals surface area contributed by atoms with Crippen LogP contribution in [0.4, 0.5) is 10.1 Å². The summed E-state index contributed by atoms with van der Waals surface area (Å²) in [5, 5.41) is 0.962. The molecule has 1 N–H and O–H groups in total. The lowest BCUT2D eigenvalue weighted by Gasteiger charge is -2.39. The maximum absolute atomic E-state index is 14.1. The van der Waals surface area contributed by atoms with Crippen molar-refractivity contribution < 1.29 is 12.8 Å². The van der Waals surface area contributed by atoms with Gasteiger partial charge in [-0.25, -0.2) is 32.1 Å². The number of sulfonamides is 1. The van der Waals surface area contributed by atoms with E-state index in [9.17, 15) is 12.8 Å². The molecule has 0 aliphatic carbocycles. The number of rotatable bonds is 4. The molecular formula is C21H25FN6O2S. The smallest absolute Gasteiger partial charge is 0.211 e. The highest BCUT2D eigenvalue weighted by Gasteiger charge is 2.34. The van der Waals surface area contributed by atoms with Crippen LogP contribution in [0.25, 0.3) is 11.0 Å². The van der Waals surface area contributed by atoms with E-state index in [0.29, 0.717) is 26.1 Å². The summed E-state index contributed by atoms with van der Waals surface area (Å²) in [6, 6.07) is 3.59. The minimum absolute atomic E-state index is 0.170. The molecule has 1 fully saturated rings. The van der Waals surface area contributed by atoms with Crippen LogP contribution in [0.15, 0.2) is 30.9 Å². The highest BCUT2D eigenvalue weighted by molar-refractivity contribution is 7.88. The third-order valence-corrected chi connectivity index (χ3v) is 7.80. The second-order valence-corrected chi connectivity index (χ2v) is 10.3. The predicted molar refractivity (Wildman–Crippen MR) is 116 cm³/mol. The van der Waals surface area contributed by atoms with Gasteiger partial charge in [-0.2, -0.15) is 0 Å². The Bertz CT molecular complexity index is 1210. The summed E-state index contributed by atoms with van der Waals surface area (Å²) in [6.45, 7) is 1.04. The first-order chi connectivity index (χ1) is 15.0. The summed E-state index contributed by atoms with van der Waals surface area (Å²) in [5.74, 6) is 0.170. The lowest BCUT2D eigenvalue weighted by Crippen LogP contribution is -2.43. The Morgan fingerprint density at radius 3 is 2.74 bits per heavy atom. The van der Waals surface area contributed by atoms with Crippen LogP contribution in [0.3, 0.4) is 0 Å². The minimum atomic E-state index is -3.18. The zero-order valence-electron chi connectivity index (χ0n) is 17.3. The second-order valence-electron chi connectivity index (χ2n) is 8.33. The van der Waals surface area contributed by atoms with Crippen LogP contribution in [-0.4, -0.2) is 64.7 Å². The molecule has 0 amide bonds. The van der Waals surface area contributed by atoms with Gasteiger partial charge in [-0.15, -0.1) is 0 Å². The number of aromatic nitrogens is 4. The van der Waals surface area contributed by atoms with Gasteiger partial charge in [0.1, 0.15) is 18.6 Å². The number of fused-ring (bicyclic) bond motifs is 2. The van der Waals surface area contributed by atoms with Gasteiger partial charge in [-0.3, -0.25) is 0 Å². The van der Waals surface area contributed by atoms with Gasteiger partial charge in [0.15, 0.2) is 0 Å². The number of pyridine rings is 1. The standard InChI is InChI=1S/C21H25FN6O2S/c1-31(29,30)27-8-4-14(5-9-27)20-17-12-28(15(11-22)10-18(17)25-13-26-20)19-3-7-24-21-16(19)2-6-23-21/h2-3,6-7,13-15H,4-5,8-12H2,1H3,(H,23,24). The van der Waals surface area contributed by atoms with Crippen molar-refractivity contribution in [2.24, 2.45) is 0 Å². The van der Waals surface area contributed by atoms with Gasteiger partial charge in [-0.05, 0) is 25.0 Å². The first kappa shape index (κ1) is 20.3. The van der Waals surface area contributed by atoms with Gasteiger partial charge in [0, 0.05) is 61.0 Å². The number of anilines is 1. The van der Waals surface area contributed by atoms with E-state index in [0.717, 1.165) is 46.5 Å². The molecule has 3 aromatic rings. The first-order valence-corrected chi connectivity index (χ1v) is 12.3. The van der Waals surface area contributed by atoms with Crippen molar-refractivity contribution in [3.05, 3.63) is 47.8 Å². The molecular weight excluding hydrogens is 419 g/mol. The number of hydrogen-bond acceptors (Lipinski definition) is 6. The third kappa shape index (κ3) is 3.67. The Kier molecular flexibility index (Phi) is 5.13. The van der Waals surface area contributed by atoms with E-state index in [1.807, 2.05) is 18.3 Å². The number of H-pyrrole nitrogens is 1. The van der Waals surface area contributed by atoms with Crippen LogP contribution in [0.2, 0.25) is 0 Å². The fraction of sp³-hybridized carbons (Fsp3) is 0.476. The molecule has 2 aliphatic rings. The van der Waals surface area contributed by atoms with Crippen molar-refractivity contribution in [3.8, 4) is 0 Å². The summed E-state index contributed by atoms with van der Waals surface area (Å²) < 4.78 is 39.3. The maximum atomic E-state index is 14.1. The highest BCUT2D eigenvalue weighted by atomic mass is 32.2. The lowest BCUT2D eigenvalue weighted by molar-refractivity contribution is 0.316. The number of alkyl halides is 1. The summed E-state index contributed by atoms with van der Waals surface area (Å²) in [6.07, 6.45) is 8.36. The van der Waals surface area contributed by atoms with Crippen molar-refractivity contribution in [1.29, 1.82) is 0 Å². The maximum Gasteiger partial charge on any atom is 0.211 e. The monoisotopic (exact) mass is 444 g/mol. The van der Waals surface area contributed by atoms with Crippen molar-refractivity contribution in [2.45, 2.75) is 37.8 Å². The zero-order valence-corrected chi connectivity index (χ0v) is 18.1. The Labute approximate surface area is 180 Å². The number of nitrogens with one attached hydrogen (secondary N) is 1. The molecule has 31 heavy (non-hydrogen) atoms. The van der Waals surface area contributed by atoms with Crippen LogP contribution in [0, 0.1) is 0 Å². The minimum Gasteiger partial charge on any atom is -0.360 e. The molecule has 5 rings (SSSR count). The normalized spacial score (nSPS) is 20.8. The van der Waals surface area contributed by atoms with Gasteiger partial charge in [-0.1, -0.05) is 0 Å². The molecule has 1 saturated heterocycles. The number of piperidine rings is 1.